The Hall–Kier alpha value is -4.46. The Morgan fingerprint density at radius 3 is 2.43 bits per heavy atom. The molecule has 0 aliphatic heterocycles. The topological polar surface area (TPSA) is 89.5 Å². The number of hydrogen-bond acceptors (Lipinski definition) is 8. The van der Waals surface area contributed by atoms with E-state index in [1.54, 1.807) is 0 Å². The zero-order valence-electron chi connectivity index (χ0n) is 19.7. The van der Waals surface area contributed by atoms with E-state index in [2.05, 4.69) is 38.5 Å². The van der Waals surface area contributed by atoms with Crippen LogP contribution in [0.4, 0.5) is 11.9 Å². The second kappa shape index (κ2) is 11.6. The van der Waals surface area contributed by atoms with Gasteiger partial charge in [-0.15, -0.1) is 0 Å². The number of nitrogens with zero attached hydrogens (tertiary/aromatic N) is 4. The van der Waals surface area contributed by atoms with E-state index in [1.807, 2.05) is 79.5 Å². The number of anilines is 2. The van der Waals surface area contributed by atoms with Crippen LogP contribution in [0.2, 0.25) is 0 Å². The molecular formula is C27H27N5O3. The number of ether oxygens (including phenoxy) is 2. The van der Waals surface area contributed by atoms with Crippen LogP contribution in [0.3, 0.4) is 0 Å². The van der Waals surface area contributed by atoms with Crippen LogP contribution < -0.4 is 15.0 Å². The van der Waals surface area contributed by atoms with Crippen molar-refractivity contribution in [3.63, 3.8) is 0 Å². The zero-order chi connectivity index (χ0) is 24.5. The number of para-hydroxylation sites is 1. The maximum atomic E-state index is 10.4. The third-order valence-electron chi connectivity index (χ3n) is 5.24. The molecule has 0 radical (unpaired) electrons. The van der Waals surface area contributed by atoms with Gasteiger partial charge >= 0.3 is 0 Å². The van der Waals surface area contributed by atoms with Crippen molar-refractivity contribution >= 4 is 18.4 Å². The van der Waals surface area contributed by atoms with Crippen LogP contribution in [-0.4, -0.2) is 41.6 Å². The third kappa shape index (κ3) is 6.54. The Labute approximate surface area is 204 Å². The highest BCUT2D eigenvalue weighted by atomic mass is 16.5. The van der Waals surface area contributed by atoms with Crippen molar-refractivity contribution in [2.75, 3.05) is 30.4 Å². The summed E-state index contributed by atoms with van der Waals surface area (Å²) in [5.74, 6) is 3.14. The first kappa shape index (κ1) is 23.7. The number of rotatable bonds is 11. The molecule has 178 valence electrons. The van der Waals surface area contributed by atoms with Crippen molar-refractivity contribution in [1.29, 1.82) is 0 Å². The van der Waals surface area contributed by atoms with Crippen molar-refractivity contribution in [3.8, 4) is 22.6 Å². The summed E-state index contributed by atoms with van der Waals surface area (Å²) in [5.41, 5.74) is 3.12. The molecule has 0 saturated heterocycles. The van der Waals surface area contributed by atoms with Gasteiger partial charge in [0.1, 0.15) is 23.9 Å². The minimum Gasteiger partial charge on any atom is -0.466 e. The van der Waals surface area contributed by atoms with Gasteiger partial charge in [0.2, 0.25) is 11.9 Å². The molecule has 0 saturated carbocycles. The molecule has 1 N–H and O–H groups in total. The summed E-state index contributed by atoms with van der Waals surface area (Å²) in [5, 5.41) is 3.30. The molecule has 0 atom stereocenters. The van der Waals surface area contributed by atoms with E-state index in [4.69, 9.17) is 9.47 Å². The highest BCUT2D eigenvalue weighted by Gasteiger charge is 2.11. The fourth-order valence-electron chi connectivity index (χ4n) is 3.47. The lowest BCUT2D eigenvalue weighted by atomic mass is 10.0. The second-order valence-corrected chi connectivity index (χ2v) is 7.86. The minimum atomic E-state index is 0.257. The lowest BCUT2D eigenvalue weighted by molar-refractivity contribution is -0.128. The lowest BCUT2D eigenvalue weighted by Crippen LogP contribution is -2.25. The van der Waals surface area contributed by atoms with Gasteiger partial charge in [0, 0.05) is 19.2 Å². The van der Waals surface area contributed by atoms with Crippen LogP contribution in [0.1, 0.15) is 11.4 Å². The van der Waals surface area contributed by atoms with Crippen molar-refractivity contribution in [3.05, 3.63) is 90.3 Å². The first-order valence-electron chi connectivity index (χ1n) is 11.3. The Kier molecular flexibility index (Phi) is 7.85. The molecule has 0 unspecified atom stereocenters. The first-order valence-corrected chi connectivity index (χ1v) is 11.3. The van der Waals surface area contributed by atoms with Gasteiger partial charge in [-0.05, 0) is 42.3 Å². The summed E-state index contributed by atoms with van der Waals surface area (Å²) in [6.07, 6.45) is 0. The summed E-state index contributed by atoms with van der Waals surface area (Å²) in [6.45, 7) is 3.50. The van der Waals surface area contributed by atoms with E-state index in [9.17, 15) is 4.79 Å². The summed E-state index contributed by atoms with van der Waals surface area (Å²) in [4.78, 5) is 25.5. The fourth-order valence-corrected chi connectivity index (χ4v) is 3.47. The molecule has 35 heavy (non-hydrogen) atoms. The molecule has 0 amide bonds. The van der Waals surface area contributed by atoms with E-state index in [1.165, 1.54) is 0 Å². The molecule has 1 heterocycles. The summed E-state index contributed by atoms with van der Waals surface area (Å²) < 4.78 is 11.0. The molecule has 0 bridgehead atoms. The average molecular weight is 470 g/mol. The van der Waals surface area contributed by atoms with Crippen molar-refractivity contribution in [1.82, 2.24) is 15.0 Å². The first-order chi connectivity index (χ1) is 17.1. The smallest absolute Gasteiger partial charge is 0.293 e. The van der Waals surface area contributed by atoms with Crippen molar-refractivity contribution in [2.45, 2.75) is 13.5 Å². The minimum absolute atomic E-state index is 0.257. The largest absolute Gasteiger partial charge is 0.466 e. The Morgan fingerprint density at radius 1 is 0.943 bits per heavy atom. The monoisotopic (exact) mass is 469 g/mol. The molecule has 3 aromatic carbocycles. The highest BCUT2D eigenvalue weighted by molar-refractivity contribution is 5.71. The lowest BCUT2D eigenvalue weighted by Gasteiger charge is -2.17. The van der Waals surface area contributed by atoms with Crippen LogP contribution >= 0.6 is 0 Å². The normalized spacial score (nSPS) is 10.5. The predicted molar refractivity (Wildman–Crippen MR) is 136 cm³/mol. The molecule has 4 aromatic rings. The van der Waals surface area contributed by atoms with E-state index in [0.717, 1.165) is 28.2 Å². The number of carbonyl (C=O) groups excluding carboxylic acids is 1. The molecular weight excluding hydrogens is 442 g/mol. The molecule has 1 aromatic heterocycles. The number of benzene rings is 3. The van der Waals surface area contributed by atoms with Crippen LogP contribution in [0.25, 0.3) is 11.1 Å². The van der Waals surface area contributed by atoms with E-state index < -0.39 is 0 Å². The fraction of sp³-hybridized carbons (Fsp3) is 0.185. The molecule has 0 fully saturated rings. The number of aryl methyl sites for hydroxylation is 1. The number of aromatic nitrogens is 3. The third-order valence-corrected chi connectivity index (χ3v) is 5.24. The number of hydrogen-bond donors (Lipinski definition) is 1. The van der Waals surface area contributed by atoms with Gasteiger partial charge in [0.15, 0.2) is 0 Å². The van der Waals surface area contributed by atoms with Gasteiger partial charge in [0.25, 0.3) is 6.47 Å². The Balaban J connectivity index is 1.53. The van der Waals surface area contributed by atoms with Crippen molar-refractivity contribution in [2.24, 2.45) is 0 Å². The number of nitrogens with one attached hydrogen (secondary N) is 1. The number of carbonyl (C=O) groups is 1. The quantitative estimate of drug-likeness (QED) is 0.246. The maximum absolute atomic E-state index is 10.4. The van der Waals surface area contributed by atoms with E-state index >= 15 is 0 Å². The Bertz CT molecular complexity index is 1250. The molecule has 0 aliphatic rings. The zero-order valence-corrected chi connectivity index (χ0v) is 19.7. The molecule has 0 aliphatic carbocycles. The van der Waals surface area contributed by atoms with Gasteiger partial charge in [0.05, 0.1) is 6.54 Å². The van der Waals surface area contributed by atoms with Gasteiger partial charge < -0.3 is 19.7 Å². The Morgan fingerprint density at radius 2 is 1.69 bits per heavy atom. The summed E-state index contributed by atoms with van der Waals surface area (Å²) >= 11 is 0. The van der Waals surface area contributed by atoms with Gasteiger partial charge in [-0.2, -0.15) is 15.0 Å². The van der Waals surface area contributed by atoms with Crippen LogP contribution in [0.5, 0.6) is 11.5 Å². The standard InChI is InChI=1S/C27H27N5O3/c1-20-29-26(31-27(30-20)32(2)15-16-34-19-33)28-18-21-13-14-25(35-23-11-7-4-8-12-23)24(17-21)22-9-5-3-6-10-22/h3-14,17,19H,15-16,18H2,1-2H3,(H,28,29,30,31). The molecule has 8 heteroatoms. The summed E-state index contributed by atoms with van der Waals surface area (Å²) in [6, 6.07) is 26.0. The second-order valence-electron chi connectivity index (χ2n) is 7.86. The van der Waals surface area contributed by atoms with Crippen molar-refractivity contribution < 1.29 is 14.3 Å². The van der Waals surface area contributed by atoms with Gasteiger partial charge in [-0.3, -0.25) is 4.79 Å². The summed E-state index contributed by atoms with van der Waals surface area (Å²) in [7, 11) is 1.84. The van der Waals surface area contributed by atoms with Gasteiger partial charge in [-0.1, -0.05) is 54.6 Å². The SMILES string of the molecule is Cc1nc(NCc2ccc(Oc3ccccc3)c(-c3ccccc3)c2)nc(N(C)CCOC=O)n1. The van der Waals surface area contributed by atoms with Gasteiger partial charge in [-0.25, -0.2) is 0 Å². The maximum Gasteiger partial charge on any atom is 0.293 e. The van der Waals surface area contributed by atoms with Crippen LogP contribution in [0.15, 0.2) is 78.9 Å². The molecule has 4 rings (SSSR count). The van der Waals surface area contributed by atoms with Crippen LogP contribution in [-0.2, 0) is 16.1 Å². The molecule has 8 nitrogen and oxygen atoms in total. The predicted octanol–water partition coefficient (Wildman–Crippen LogP) is 4.86. The molecule has 0 spiro atoms. The number of likely N-dealkylation sites (N-methyl/N-ethyl adjacent to an activating group) is 1. The van der Waals surface area contributed by atoms with Crippen LogP contribution in [0, 0.1) is 6.92 Å². The van der Waals surface area contributed by atoms with E-state index in [0.29, 0.717) is 37.3 Å². The highest BCUT2D eigenvalue weighted by Crippen LogP contribution is 2.34. The average Bonchev–Trinajstić information content (AvgIpc) is 2.89. The van der Waals surface area contributed by atoms with E-state index in [-0.39, 0.29) is 6.61 Å².